The molecule has 3 heterocycles. The lowest BCUT2D eigenvalue weighted by Gasteiger charge is -2.15. The fourth-order valence-electron chi connectivity index (χ4n) is 5.47. The fourth-order valence-corrected chi connectivity index (χ4v) is 5.47. The Labute approximate surface area is 256 Å². The molecular weight excluding hydrogens is 558 g/mol. The number of rotatable bonds is 4. The summed E-state index contributed by atoms with van der Waals surface area (Å²) in [6.45, 7) is 0. The molecule has 3 aromatic heterocycles. The fraction of sp³-hybridized carbons (Fsp3) is 0. The second-order valence-corrected chi connectivity index (χ2v) is 10.1. The molecule has 0 fully saturated rings. The Morgan fingerprint density at radius 3 is 1.82 bits per heavy atom. The quantitative estimate of drug-likeness (QED) is 0.221. The maximum atomic E-state index is 9.82. The summed E-state index contributed by atoms with van der Waals surface area (Å²) < 4.78 is 2.14. The van der Waals surface area contributed by atoms with Crippen LogP contribution in [0.3, 0.4) is 0 Å². The molecule has 0 unspecified atom stereocenters. The van der Waals surface area contributed by atoms with E-state index in [0.717, 1.165) is 38.6 Å². The van der Waals surface area contributed by atoms with Crippen LogP contribution in [0.15, 0.2) is 104 Å². The third-order valence-electron chi connectivity index (χ3n) is 7.55. The summed E-state index contributed by atoms with van der Waals surface area (Å²) in [6.07, 6.45) is 5.92. The van der Waals surface area contributed by atoms with E-state index in [1.165, 1.54) is 24.8 Å². The number of benzene rings is 4. The minimum Gasteiger partial charge on any atom is -0.309 e. The zero-order valence-corrected chi connectivity index (χ0v) is 23.3. The minimum atomic E-state index is 0.343. The average Bonchev–Trinajstić information content (AvgIpc) is 3.44. The van der Waals surface area contributed by atoms with Crippen LogP contribution in [-0.4, -0.2) is 24.5 Å². The van der Waals surface area contributed by atoms with Gasteiger partial charge >= 0.3 is 0 Å². The van der Waals surface area contributed by atoms with E-state index in [-0.39, 0.29) is 0 Å². The molecule has 0 aliphatic rings. The molecule has 0 aliphatic heterocycles. The van der Waals surface area contributed by atoms with Crippen LogP contribution in [-0.2, 0) is 0 Å². The lowest BCUT2D eigenvalue weighted by atomic mass is 9.97. The van der Waals surface area contributed by atoms with Crippen molar-refractivity contribution < 1.29 is 0 Å². The van der Waals surface area contributed by atoms with Gasteiger partial charge in [-0.25, -0.2) is 19.9 Å². The second-order valence-electron chi connectivity index (χ2n) is 10.1. The van der Waals surface area contributed by atoms with Gasteiger partial charge in [-0.1, -0.05) is 30.3 Å². The van der Waals surface area contributed by atoms with Gasteiger partial charge in [-0.3, -0.25) is 0 Å². The molecule has 0 bridgehead atoms. The van der Waals surface area contributed by atoms with E-state index in [2.05, 4.69) is 54.8 Å². The predicted octanol–water partition coefficient (Wildman–Crippen LogP) is 6.85. The Morgan fingerprint density at radius 1 is 0.489 bits per heavy atom. The molecule has 4 aromatic carbocycles. The van der Waals surface area contributed by atoms with Gasteiger partial charge in [0.05, 0.1) is 51.1 Å². The van der Waals surface area contributed by atoms with E-state index in [0.29, 0.717) is 45.0 Å². The number of hydrogen-bond donors (Lipinski definition) is 0. The van der Waals surface area contributed by atoms with Crippen LogP contribution in [0.25, 0.3) is 61.4 Å². The molecule has 0 amide bonds. The molecule has 0 radical (unpaired) electrons. The van der Waals surface area contributed by atoms with Crippen molar-refractivity contribution in [2.75, 3.05) is 0 Å². The monoisotopic (exact) mass is 575 g/mol. The van der Waals surface area contributed by atoms with Crippen LogP contribution < -0.4 is 0 Å². The molecular formula is C36H17N9. The molecule has 0 atom stereocenters. The van der Waals surface area contributed by atoms with E-state index in [9.17, 15) is 21.0 Å². The second kappa shape index (κ2) is 10.9. The van der Waals surface area contributed by atoms with E-state index in [4.69, 9.17) is 0 Å². The lowest BCUT2D eigenvalue weighted by molar-refractivity contribution is 1.12. The van der Waals surface area contributed by atoms with Crippen LogP contribution in [0.1, 0.15) is 22.3 Å². The van der Waals surface area contributed by atoms with Gasteiger partial charge in [0.1, 0.15) is 12.1 Å². The minimum absolute atomic E-state index is 0.343. The number of nitrogens with zero attached hydrogens (tertiary/aromatic N) is 9. The summed E-state index contributed by atoms with van der Waals surface area (Å²) in [7, 11) is 0. The van der Waals surface area contributed by atoms with Gasteiger partial charge in [0.15, 0.2) is 11.6 Å². The summed E-state index contributed by atoms with van der Waals surface area (Å²) in [6, 6.07) is 33.4. The van der Waals surface area contributed by atoms with Crippen LogP contribution in [0.2, 0.25) is 0 Å². The van der Waals surface area contributed by atoms with Crippen molar-refractivity contribution in [3.05, 3.63) is 126 Å². The van der Waals surface area contributed by atoms with Crippen molar-refractivity contribution in [3.8, 4) is 63.9 Å². The van der Waals surface area contributed by atoms with Crippen molar-refractivity contribution >= 4 is 21.8 Å². The Balaban J connectivity index is 1.48. The van der Waals surface area contributed by atoms with Crippen LogP contribution >= 0.6 is 0 Å². The molecule has 0 N–H and O–H groups in total. The molecule has 7 rings (SSSR count). The SMILES string of the molecule is N#Cc1cnc(-c2ccc(-n3c4ccccc4c4cc(-c5ccc(C#N)cc5C#N)ccc43)c(-c3ncc(C#N)cn3)c2)nc1. The largest absolute Gasteiger partial charge is 0.309 e. The van der Waals surface area contributed by atoms with Crippen molar-refractivity contribution in [1.29, 1.82) is 21.0 Å². The Kier molecular flexibility index (Phi) is 6.46. The maximum absolute atomic E-state index is 9.82. The zero-order chi connectivity index (χ0) is 30.9. The van der Waals surface area contributed by atoms with Crippen molar-refractivity contribution in [2.45, 2.75) is 0 Å². The average molecular weight is 576 g/mol. The number of hydrogen-bond acceptors (Lipinski definition) is 8. The van der Waals surface area contributed by atoms with Crippen molar-refractivity contribution in [3.63, 3.8) is 0 Å². The summed E-state index contributed by atoms with van der Waals surface area (Å²) in [4.78, 5) is 17.8. The molecule has 0 saturated carbocycles. The van der Waals surface area contributed by atoms with E-state index >= 15 is 0 Å². The van der Waals surface area contributed by atoms with Gasteiger partial charge in [-0.05, 0) is 59.7 Å². The molecule has 0 spiro atoms. The standard InChI is InChI=1S/C36H17N9/c37-14-22-5-8-28(27(11-22)17-40)25-6-9-33-30(12-25)29-3-1-2-4-32(29)45(33)34-10-7-26(35-41-18-23(15-38)19-42-35)13-31(34)36-43-20-24(16-39)21-44-36/h1-13,18-21H. The number of nitriles is 4. The van der Waals surface area contributed by atoms with Crippen molar-refractivity contribution in [1.82, 2.24) is 24.5 Å². The van der Waals surface area contributed by atoms with E-state index in [1.54, 1.807) is 12.1 Å². The summed E-state index contributed by atoms with van der Waals surface area (Å²) >= 11 is 0. The Morgan fingerprint density at radius 2 is 1.13 bits per heavy atom. The third kappa shape index (κ3) is 4.57. The highest BCUT2D eigenvalue weighted by Crippen LogP contribution is 2.39. The molecule has 45 heavy (non-hydrogen) atoms. The summed E-state index contributed by atoms with van der Waals surface area (Å²) in [5, 5.41) is 39.6. The smallest absolute Gasteiger partial charge is 0.161 e. The molecule has 9 heteroatoms. The van der Waals surface area contributed by atoms with Gasteiger partial charge in [0, 0.05) is 46.7 Å². The summed E-state index contributed by atoms with van der Waals surface area (Å²) in [5.74, 6) is 0.858. The highest BCUT2D eigenvalue weighted by molar-refractivity contribution is 6.11. The number of para-hydroxylation sites is 1. The first-order chi connectivity index (χ1) is 22.1. The molecule has 9 nitrogen and oxygen atoms in total. The topological polar surface area (TPSA) is 152 Å². The highest BCUT2D eigenvalue weighted by Gasteiger charge is 2.19. The first kappa shape index (κ1) is 26.7. The Bertz CT molecular complexity index is 2460. The van der Waals surface area contributed by atoms with Crippen molar-refractivity contribution in [2.24, 2.45) is 0 Å². The first-order valence-electron chi connectivity index (χ1n) is 13.7. The first-order valence-corrected chi connectivity index (χ1v) is 13.7. The Hall–Kier alpha value is -7.20. The molecule has 0 aliphatic carbocycles. The van der Waals surface area contributed by atoms with Gasteiger partial charge in [-0.15, -0.1) is 0 Å². The van der Waals surface area contributed by atoms with Gasteiger partial charge < -0.3 is 4.57 Å². The number of aromatic nitrogens is 5. The summed E-state index contributed by atoms with van der Waals surface area (Å²) in [5.41, 5.74) is 7.23. The lowest BCUT2D eigenvalue weighted by Crippen LogP contribution is -2.01. The molecule has 7 aromatic rings. The van der Waals surface area contributed by atoms with Crippen LogP contribution in [0.5, 0.6) is 0 Å². The van der Waals surface area contributed by atoms with Gasteiger partial charge in [0.25, 0.3) is 0 Å². The molecule has 206 valence electrons. The maximum Gasteiger partial charge on any atom is 0.161 e. The zero-order valence-electron chi connectivity index (χ0n) is 23.3. The third-order valence-corrected chi connectivity index (χ3v) is 7.55. The predicted molar refractivity (Wildman–Crippen MR) is 167 cm³/mol. The highest BCUT2D eigenvalue weighted by atomic mass is 15.0. The van der Waals surface area contributed by atoms with E-state index in [1.807, 2.05) is 60.7 Å². The molecule has 0 saturated heterocycles. The van der Waals surface area contributed by atoms with Crippen LogP contribution in [0, 0.1) is 45.3 Å². The van der Waals surface area contributed by atoms with E-state index < -0.39 is 0 Å². The normalized spacial score (nSPS) is 10.6. The van der Waals surface area contributed by atoms with Crippen LogP contribution in [0.4, 0.5) is 0 Å². The van der Waals surface area contributed by atoms with Gasteiger partial charge in [-0.2, -0.15) is 21.0 Å². The number of fused-ring (bicyclic) bond motifs is 3. The van der Waals surface area contributed by atoms with Gasteiger partial charge in [0.2, 0.25) is 0 Å².